The van der Waals surface area contributed by atoms with Gasteiger partial charge in [0.2, 0.25) is 5.82 Å². The molecule has 38 heavy (non-hydrogen) atoms. The van der Waals surface area contributed by atoms with Gasteiger partial charge in [0.15, 0.2) is 23.2 Å². The van der Waals surface area contributed by atoms with E-state index in [0.29, 0.717) is 56.2 Å². The number of benzene rings is 3. The fourth-order valence-electron chi connectivity index (χ4n) is 4.31. The van der Waals surface area contributed by atoms with Gasteiger partial charge in [0.05, 0.1) is 0 Å². The average molecular weight is 542 g/mol. The molecule has 4 rings (SSSR count). The lowest BCUT2D eigenvalue weighted by Crippen LogP contribution is -2.26. The molecule has 0 aliphatic heterocycles. The Bertz CT molecular complexity index is 1350. The topological polar surface area (TPSA) is 18.5 Å². The minimum Gasteiger partial charge on any atom is -0.425 e. The molecule has 10 heteroatoms. The molecule has 1 atom stereocenters. The maximum atomic E-state index is 14.8. The monoisotopic (exact) mass is 542 g/mol. The third-order valence-electron chi connectivity index (χ3n) is 6.30. The lowest BCUT2D eigenvalue weighted by atomic mass is 9.86. The second-order valence-corrected chi connectivity index (χ2v) is 8.83. The van der Waals surface area contributed by atoms with Crippen LogP contribution in [0.15, 0.2) is 48.5 Å². The largest absolute Gasteiger partial charge is 0.432 e. The van der Waals surface area contributed by atoms with E-state index in [-0.39, 0.29) is 17.0 Å². The Morgan fingerprint density at radius 1 is 0.816 bits per heavy atom. The van der Waals surface area contributed by atoms with Crippen molar-refractivity contribution in [3.8, 4) is 16.9 Å². The number of halogens is 8. The molecule has 0 aromatic heterocycles. The number of hydrogen-bond acceptors (Lipinski definition) is 2. The van der Waals surface area contributed by atoms with Gasteiger partial charge in [0.1, 0.15) is 17.2 Å². The Balaban J connectivity index is 1.58. The van der Waals surface area contributed by atoms with E-state index in [1.165, 1.54) is 0 Å². The number of rotatable bonds is 8. The molecule has 1 aliphatic carbocycles. The predicted octanol–water partition coefficient (Wildman–Crippen LogP) is 8.54. The van der Waals surface area contributed by atoms with E-state index in [0.717, 1.165) is 24.3 Å². The zero-order valence-electron chi connectivity index (χ0n) is 20.1. The Labute approximate surface area is 213 Å². The summed E-state index contributed by atoms with van der Waals surface area (Å²) in [6.07, 6.45) is -1.17. The number of alkyl halides is 2. The fraction of sp³-hybridized carbons (Fsp3) is 0.286. The smallest absolute Gasteiger partial charge is 0.425 e. The molecule has 0 bridgehead atoms. The first-order valence-electron chi connectivity index (χ1n) is 11.8. The summed E-state index contributed by atoms with van der Waals surface area (Å²) in [6, 6.07) is 5.10. The quantitative estimate of drug-likeness (QED) is 0.266. The highest BCUT2D eigenvalue weighted by Crippen LogP contribution is 2.40. The summed E-state index contributed by atoms with van der Waals surface area (Å²) in [6.45, 7) is 2.98. The molecular weight excluding hydrogens is 520 g/mol. The molecule has 0 spiro atoms. The number of allylic oxidation sites excluding steroid dienone is 2. The van der Waals surface area contributed by atoms with Crippen LogP contribution in [0, 0.1) is 40.8 Å². The third-order valence-corrected chi connectivity index (χ3v) is 6.30. The highest BCUT2D eigenvalue weighted by Gasteiger charge is 2.42. The van der Waals surface area contributed by atoms with E-state index >= 15 is 0 Å². The molecular formula is C28H22F8O2. The molecule has 0 saturated heterocycles. The summed E-state index contributed by atoms with van der Waals surface area (Å²) >= 11 is 0. The average Bonchev–Trinajstić information content (AvgIpc) is 2.87. The molecule has 0 heterocycles. The Morgan fingerprint density at radius 3 is 2.11 bits per heavy atom. The van der Waals surface area contributed by atoms with Crippen molar-refractivity contribution < 1.29 is 44.6 Å². The maximum Gasteiger partial charge on any atom is 0.432 e. The van der Waals surface area contributed by atoms with Crippen LogP contribution in [-0.2, 0) is 10.8 Å². The van der Waals surface area contributed by atoms with Gasteiger partial charge in [-0.05, 0) is 85.2 Å². The molecule has 0 amide bonds. The fourth-order valence-corrected chi connectivity index (χ4v) is 4.31. The van der Waals surface area contributed by atoms with Gasteiger partial charge in [-0.15, -0.1) is 0 Å². The molecule has 0 saturated carbocycles. The summed E-state index contributed by atoms with van der Waals surface area (Å²) in [4.78, 5) is 0. The molecule has 0 fully saturated rings. The lowest BCUT2D eigenvalue weighted by molar-refractivity contribution is -0.191. The van der Waals surface area contributed by atoms with Crippen LogP contribution < -0.4 is 4.74 Å². The van der Waals surface area contributed by atoms with Crippen molar-refractivity contribution in [2.75, 3.05) is 13.2 Å². The second-order valence-electron chi connectivity index (χ2n) is 8.83. The minimum atomic E-state index is -4.72. The summed E-state index contributed by atoms with van der Waals surface area (Å²) in [7, 11) is 0. The standard InChI is InChI=1S/C28H22F8O2/c1-2-37-14-15-3-5-16(6-4-15)18-12-22(31)25(23(32)13-18)28(35,36)38-24-10-8-19(26(33)27(24)34)17-7-9-20(29)21(30)11-17/h5,7-13,15H,2-4,6,14H2,1H3. The van der Waals surface area contributed by atoms with Crippen molar-refractivity contribution in [1.29, 1.82) is 0 Å². The van der Waals surface area contributed by atoms with Crippen LogP contribution in [0.25, 0.3) is 16.7 Å². The van der Waals surface area contributed by atoms with Gasteiger partial charge in [-0.25, -0.2) is 22.0 Å². The van der Waals surface area contributed by atoms with E-state index in [1.54, 1.807) is 6.08 Å². The first kappa shape index (κ1) is 27.6. The lowest BCUT2D eigenvalue weighted by Gasteiger charge is -2.23. The van der Waals surface area contributed by atoms with Crippen LogP contribution in [0.5, 0.6) is 5.75 Å². The highest BCUT2D eigenvalue weighted by molar-refractivity contribution is 5.67. The summed E-state index contributed by atoms with van der Waals surface area (Å²) in [5.41, 5.74) is -1.93. The molecule has 2 nitrogen and oxygen atoms in total. The van der Waals surface area contributed by atoms with Crippen molar-refractivity contribution in [1.82, 2.24) is 0 Å². The molecule has 0 N–H and O–H groups in total. The van der Waals surface area contributed by atoms with E-state index in [2.05, 4.69) is 4.74 Å². The number of ether oxygens (including phenoxy) is 2. The molecule has 0 radical (unpaired) electrons. The van der Waals surface area contributed by atoms with Crippen LogP contribution in [0.2, 0.25) is 0 Å². The van der Waals surface area contributed by atoms with Gasteiger partial charge in [0, 0.05) is 18.8 Å². The van der Waals surface area contributed by atoms with Gasteiger partial charge in [-0.3, -0.25) is 0 Å². The van der Waals surface area contributed by atoms with Gasteiger partial charge in [0.25, 0.3) is 0 Å². The van der Waals surface area contributed by atoms with Crippen LogP contribution in [0.1, 0.15) is 37.3 Å². The second kappa shape index (κ2) is 11.1. The van der Waals surface area contributed by atoms with Crippen molar-refractivity contribution in [3.05, 3.63) is 94.6 Å². The van der Waals surface area contributed by atoms with Gasteiger partial charge in [-0.1, -0.05) is 12.1 Å². The molecule has 3 aromatic rings. The molecule has 1 aliphatic rings. The summed E-state index contributed by atoms with van der Waals surface area (Å²) in [5.74, 6) is -10.5. The van der Waals surface area contributed by atoms with E-state index in [1.807, 2.05) is 6.92 Å². The minimum absolute atomic E-state index is 0.0857. The predicted molar refractivity (Wildman–Crippen MR) is 124 cm³/mol. The zero-order chi connectivity index (χ0) is 27.6. The van der Waals surface area contributed by atoms with Gasteiger partial charge >= 0.3 is 6.11 Å². The van der Waals surface area contributed by atoms with Gasteiger partial charge < -0.3 is 9.47 Å². The van der Waals surface area contributed by atoms with Gasteiger partial charge in [-0.2, -0.15) is 13.2 Å². The first-order valence-corrected chi connectivity index (χ1v) is 11.8. The Morgan fingerprint density at radius 2 is 1.50 bits per heavy atom. The van der Waals surface area contributed by atoms with Crippen molar-refractivity contribution in [2.24, 2.45) is 5.92 Å². The van der Waals surface area contributed by atoms with Crippen LogP contribution in [0.3, 0.4) is 0 Å². The van der Waals surface area contributed by atoms with Crippen LogP contribution in [-0.4, -0.2) is 13.2 Å². The van der Waals surface area contributed by atoms with Crippen LogP contribution in [0.4, 0.5) is 35.1 Å². The SMILES string of the molecule is CCOCC1CC=C(c2cc(F)c(C(F)(F)Oc3ccc(-c4ccc(F)c(F)c4)c(F)c3F)c(F)c2)CC1. The zero-order valence-corrected chi connectivity index (χ0v) is 20.1. The Hall–Kier alpha value is -3.40. The van der Waals surface area contributed by atoms with Crippen LogP contribution >= 0.6 is 0 Å². The van der Waals surface area contributed by atoms with Crippen molar-refractivity contribution in [3.63, 3.8) is 0 Å². The summed E-state index contributed by atoms with van der Waals surface area (Å²) in [5, 5.41) is 0. The maximum absolute atomic E-state index is 14.8. The normalized spacial score (nSPS) is 15.9. The van der Waals surface area contributed by atoms with E-state index in [4.69, 9.17) is 4.74 Å². The Kier molecular flexibility index (Phi) is 8.10. The molecule has 202 valence electrons. The third kappa shape index (κ3) is 5.70. The van der Waals surface area contributed by atoms with Crippen molar-refractivity contribution >= 4 is 5.57 Å². The first-order chi connectivity index (χ1) is 18.0. The highest BCUT2D eigenvalue weighted by atomic mass is 19.3. The summed E-state index contributed by atoms with van der Waals surface area (Å²) < 4.78 is 125. The molecule has 1 unspecified atom stereocenters. The van der Waals surface area contributed by atoms with Crippen molar-refractivity contribution in [2.45, 2.75) is 32.3 Å². The van der Waals surface area contributed by atoms with E-state index in [9.17, 15) is 35.1 Å². The van der Waals surface area contributed by atoms with E-state index < -0.39 is 57.9 Å². The molecule has 3 aromatic carbocycles. The number of hydrogen-bond donors (Lipinski definition) is 0.